The molecule has 0 aliphatic carbocycles. The van der Waals surface area contributed by atoms with Crippen LogP contribution in [0.3, 0.4) is 0 Å². The molecule has 0 saturated heterocycles. The number of hydrogen-bond donors (Lipinski definition) is 4. The quantitative estimate of drug-likeness (QED) is 0.406. The second kappa shape index (κ2) is 8.16. The van der Waals surface area contributed by atoms with E-state index in [0.717, 1.165) is 22.3 Å². The highest BCUT2D eigenvalue weighted by Gasteiger charge is 2.22. The topological polar surface area (TPSA) is 98.7 Å². The highest BCUT2D eigenvalue weighted by molar-refractivity contribution is 5.86. The van der Waals surface area contributed by atoms with E-state index in [1.54, 1.807) is 17.6 Å². The Balaban J connectivity index is 1.87. The molecule has 2 amide bonds. The van der Waals surface area contributed by atoms with Crippen LogP contribution in [0.1, 0.15) is 17.0 Å². The van der Waals surface area contributed by atoms with Crippen molar-refractivity contribution < 1.29 is 19.9 Å². The molecule has 0 radical (unpaired) electrons. The van der Waals surface area contributed by atoms with E-state index in [1.807, 2.05) is 66.7 Å². The lowest BCUT2D eigenvalue weighted by atomic mass is 9.89. The van der Waals surface area contributed by atoms with Gasteiger partial charge in [-0.1, -0.05) is 66.7 Å². The summed E-state index contributed by atoms with van der Waals surface area (Å²) in [4.78, 5) is 22.8. The number of hydrogen-bond acceptors (Lipinski definition) is 3. The van der Waals surface area contributed by atoms with E-state index < -0.39 is 17.9 Å². The Morgan fingerprint density at radius 1 is 0.741 bits per heavy atom. The average molecular weight is 362 g/mol. The Bertz CT molecular complexity index is 923. The standard InChI is InChI=1S/C21H18N2O4/c24-20(23-27)19(16-4-2-1-3-5-16)17-8-6-14(7-9-17)15-10-12-18(13-11-15)22-21(25)26/h1-13,19,22,27H,(H,23,24)(H,25,26). The minimum Gasteiger partial charge on any atom is -0.465 e. The smallest absolute Gasteiger partial charge is 0.409 e. The minimum atomic E-state index is -1.11. The van der Waals surface area contributed by atoms with E-state index >= 15 is 0 Å². The van der Waals surface area contributed by atoms with E-state index in [0.29, 0.717) is 5.69 Å². The Morgan fingerprint density at radius 2 is 1.26 bits per heavy atom. The summed E-state index contributed by atoms with van der Waals surface area (Å²) in [5, 5.41) is 20.1. The fourth-order valence-corrected chi connectivity index (χ4v) is 2.94. The van der Waals surface area contributed by atoms with E-state index in [9.17, 15) is 9.59 Å². The summed E-state index contributed by atoms with van der Waals surface area (Å²) >= 11 is 0. The highest BCUT2D eigenvalue weighted by Crippen LogP contribution is 2.28. The normalized spacial score (nSPS) is 11.4. The molecule has 0 fully saturated rings. The number of nitrogens with one attached hydrogen (secondary N) is 2. The van der Waals surface area contributed by atoms with E-state index in [4.69, 9.17) is 10.3 Å². The molecule has 0 saturated carbocycles. The van der Waals surface area contributed by atoms with Gasteiger partial charge in [-0.2, -0.15) is 0 Å². The molecule has 3 aromatic rings. The zero-order valence-corrected chi connectivity index (χ0v) is 14.3. The summed E-state index contributed by atoms with van der Waals surface area (Å²) in [6, 6.07) is 23.7. The zero-order chi connectivity index (χ0) is 19.2. The van der Waals surface area contributed by atoms with Crippen molar-refractivity contribution in [3.8, 4) is 11.1 Å². The maximum atomic E-state index is 12.2. The monoisotopic (exact) mass is 362 g/mol. The minimum absolute atomic E-state index is 0.492. The molecular weight excluding hydrogens is 344 g/mol. The van der Waals surface area contributed by atoms with Gasteiger partial charge in [-0.3, -0.25) is 15.3 Å². The van der Waals surface area contributed by atoms with Crippen molar-refractivity contribution in [2.45, 2.75) is 5.92 Å². The first-order valence-electron chi connectivity index (χ1n) is 8.27. The van der Waals surface area contributed by atoms with Crippen LogP contribution >= 0.6 is 0 Å². The van der Waals surface area contributed by atoms with E-state index in [1.165, 1.54) is 0 Å². The Hall–Kier alpha value is -3.64. The first kappa shape index (κ1) is 18.2. The van der Waals surface area contributed by atoms with Crippen LogP contribution in [0.15, 0.2) is 78.9 Å². The summed E-state index contributed by atoms with van der Waals surface area (Å²) in [5.74, 6) is -1.12. The first-order chi connectivity index (χ1) is 13.1. The van der Waals surface area contributed by atoms with Crippen LogP contribution in [0, 0.1) is 0 Å². The molecule has 6 heteroatoms. The SMILES string of the molecule is O=C(O)Nc1ccc(-c2ccc(C(C(=O)NO)c3ccccc3)cc2)cc1. The Morgan fingerprint density at radius 3 is 1.78 bits per heavy atom. The lowest BCUT2D eigenvalue weighted by Gasteiger charge is -2.16. The van der Waals surface area contributed by atoms with Crippen molar-refractivity contribution in [3.63, 3.8) is 0 Å². The van der Waals surface area contributed by atoms with Crippen molar-refractivity contribution in [3.05, 3.63) is 90.0 Å². The number of rotatable bonds is 5. The Labute approximate surface area is 156 Å². The number of carboxylic acid groups (broad SMARTS) is 1. The van der Waals surface area contributed by atoms with Gasteiger partial charge in [-0.05, 0) is 34.4 Å². The van der Waals surface area contributed by atoms with Gasteiger partial charge in [0.25, 0.3) is 5.91 Å². The lowest BCUT2D eigenvalue weighted by molar-refractivity contribution is -0.129. The summed E-state index contributed by atoms with van der Waals surface area (Å²) in [6.45, 7) is 0. The molecule has 3 aromatic carbocycles. The molecule has 0 bridgehead atoms. The fourth-order valence-electron chi connectivity index (χ4n) is 2.94. The first-order valence-corrected chi connectivity index (χ1v) is 8.27. The molecule has 1 unspecified atom stereocenters. The summed E-state index contributed by atoms with van der Waals surface area (Å²) < 4.78 is 0. The van der Waals surface area contributed by atoms with E-state index in [2.05, 4.69) is 5.32 Å². The lowest BCUT2D eigenvalue weighted by Crippen LogP contribution is -2.27. The van der Waals surface area contributed by atoms with Crippen LogP contribution in [-0.2, 0) is 4.79 Å². The molecule has 0 aromatic heterocycles. The van der Waals surface area contributed by atoms with Gasteiger partial charge >= 0.3 is 6.09 Å². The number of benzene rings is 3. The third-order valence-electron chi connectivity index (χ3n) is 4.22. The van der Waals surface area contributed by atoms with Crippen LogP contribution < -0.4 is 10.8 Å². The predicted molar refractivity (Wildman–Crippen MR) is 102 cm³/mol. The molecule has 4 N–H and O–H groups in total. The van der Waals surface area contributed by atoms with Crippen LogP contribution in [0.4, 0.5) is 10.5 Å². The largest absolute Gasteiger partial charge is 0.465 e. The molecule has 0 spiro atoms. The van der Waals surface area contributed by atoms with Gasteiger partial charge < -0.3 is 5.11 Å². The maximum absolute atomic E-state index is 12.2. The molecular formula is C21H18N2O4. The van der Waals surface area contributed by atoms with Crippen molar-refractivity contribution in [1.82, 2.24) is 5.48 Å². The van der Waals surface area contributed by atoms with Crippen molar-refractivity contribution >= 4 is 17.7 Å². The van der Waals surface area contributed by atoms with Crippen molar-refractivity contribution in [2.24, 2.45) is 0 Å². The van der Waals surface area contributed by atoms with Crippen LogP contribution in [-0.4, -0.2) is 22.3 Å². The van der Waals surface area contributed by atoms with Crippen LogP contribution in [0.25, 0.3) is 11.1 Å². The second-order valence-corrected chi connectivity index (χ2v) is 5.95. The van der Waals surface area contributed by atoms with Crippen LogP contribution in [0.2, 0.25) is 0 Å². The molecule has 1 atom stereocenters. The van der Waals surface area contributed by atoms with Gasteiger partial charge in [0, 0.05) is 5.69 Å². The average Bonchev–Trinajstić information content (AvgIpc) is 2.69. The number of hydroxylamine groups is 1. The molecule has 27 heavy (non-hydrogen) atoms. The predicted octanol–water partition coefficient (Wildman–Crippen LogP) is 4.08. The fraction of sp³-hybridized carbons (Fsp3) is 0.0476. The van der Waals surface area contributed by atoms with Crippen molar-refractivity contribution in [2.75, 3.05) is 5.32 Å². The molecule has 3 rings (SSSR count). The summed E-state index contributed by atoms with van der Waals surface area (Å²) in [6.07, 6.45) is -1.11. The number of anilines is 1. The van der Waals surface area contributed by atoms with Crippen molar-refractivity contribution in [1.29, 1.82) is 0 Å². The maximum Gasteiger partial charge on any atom is 0.409 e. The van der Waals surface area contributed by atoms with E-state index in [-0.39, 0.29) is 0 Å². The zero-order valence-electron chi connectivity index (χ0n) is 14.3. The van der Waals surface area contributed by atoms with Gasteiger partial charge in [-0.25, -0.2) is 10.3 Å². The van der Waals surface area contributed by atoms with Crippen LogP contribution in [0.5, 0.6) is 0 Å². The summed E-state index contributed by atoms with van der Waals surface area (Å²) in [7, 11) is 0. The van der Waals surface area contributed by atoms with Gasteiger partial charge in [0.05, 0.1) is 5.92 Å². The number of amides is 2. The Kier molecular flexibility index (Phi) is 5.49. The third kappa shape index (κ3) is 4.31. The van der Waals surface area contributed by atoms with Gasteiger partial charge in [0.15, 0.2) is 0 Å². The third-order valence-corrected chi connectivity index (χ3v) is 4.22. The number of carbonyl (C=O) groups is 2. The van der Waals surface area contributed by atoms with Gasteiger partial charge in [-0.15, -0.1) is 0 Å². The summed E-state index contributed by atoms with van der Waals surface area (Å²) in [5.41, 5.74) is 5.60. The second-order valence-electron chi connectivity index (χ2n) is 5.95. The molecule has 0 aliphatic rings. The molecule has 0 aliphatic heterocycles. The number of carbonyl (C=O) groups excluding carboxylic acids is 1. The molecule has 0 heterocycles. The molecule has 6 nitrogen and oxygen atoms in total. The highest BCUT2D eigenvalue weighted by atomic mass is 16.5. The van der Waals surface area contributed by atoms with Gasteiger partial charge in [0.2, 0.25) is 0 Å². The van der Waals surface area contributed by atoms with Gasteiger partial charge in [0.1, 0.15) is 0 Å². The molecule has 136 valence electrons.